The van der Waals surface area contributed by atoms with Crippen LogP contribution in [0.5, 0.6) is 0 Å². The minimum absolute atomic E-state index is 0.126. The summed E-state index contributed by atoms with van der Waals surface area (Å²) in [7, 11) is 4.09. The lowest BCUT2D eigenvalue weighted by Gasteiger charge is -2.05. The molecule has 0 fully saturated rings. The summed E-state index contributed by atoms with van der Waals surface area (Å²) in [4.78, 5) is 32.1. The molecular formula is C17H26N2O5. The molecule has 0 aliphatic rings. The number of methoxy groups -OCH3 is 2. The summed E-state index contributed by atoms with van der Waals surface area (Å²) in [5.41, 5.74) is 0.942. The van der Waals surface area contributed by atoms with Crippen LogP contribution in [0, 0.1) is 0 Å². The molecule has 7 nitrogen and oxygen atoms in total. The topological polar surface area (TPSA) is 93.7 Å². The maximum atomic E-state index is 11.3. The first-order chi connectivity index (χ1) is 11.4. The summed E-state index contributed by atoms with van der Waals surface area (Å²) in [6, 6.07) is 9.20. The number of esters is 1. The summed E-state index contributed by atoms with van der Waals surface area (Å²) < 4.78 is 8.71. The van der Waals surface area contributed by atoms with Crippen LogP contribution in [0.1, 0.15) is 26.3 Å². The zero-order valence-corrected chi connectivity index (χ0v) is 15.0. The SMILES string of the molecule is CC.CNC(=O)OC.COC(=O)/C(=C/c1ccccc1)NC(C)=O. The normalized spacial score (nSPS) is 9.17. The molecule has 2 amide bonds. The van der Waals surface area contributed by atoms with E-state index in [1.807, 2.05) is 44.2 Å². The van der Waals surface area contributed by atoms with Crippen LogP contribution in [0.15, 0.2) is 36.0 Å². The fourth-order valence-electron chi connectivity index (χ4n) is 1.26. The predicted octanol–water partition coefficient (Wildman–Crippen LogP) is 2.33. The van der Waals surface area contributed by atoms with Gasteiger partial charge in [-0.3, -0.25) is 4.79 Å². The number of hydrogen-bond donors (Lipinski definition) is 2. The van der Waals surface area contributed by atoms with E-state index in [9.17, 15) is 14.4 Å². The molecule has 7 heteroatoms. The molecule has 0 saturated heterocycles. The van der Waals surface area contributed by atoms with E-state index < -0.39 is 12.1 Å². The Labute approximate surface area is 143 Å². The minimum atomic E-state index is -0.570. The Morgan fingerprint density at radius 3 is 1.88 bits per heavy atom. The number of alkyl carbamates (subject to hydrolysis) is 1. The first-order valence-corrected chi connectivity index (χ1v) is 7.33. The molecule has 0 saturated carbocycles. The van der Waals surface area contributed by atoms with Crippen LogP contribution in [0.3, 0.4) is 0 Å². The molecule has 0 heterocycles. The van der Waals surface area contributed by atoms with Crippen molar-refractivity contribution in [1.29, 1.82) is 0 Å². The zero-order valence-electron chi connectivity index (χ0n) is 15.0. The molecule has 0 aliphatic carbocycles. The first kappa shape index (κ1) is 23.4. The van der Waals surface area contributed by atoms with Crippen LogP contribution in [0.25, 0.3) is 6.08 Å². The molecular weight excluding hydrogens is 312 g/mol. The molecule has 0 bridgehead atoms. The quantitative estimate of drug-likeness (QED) is 0.652. The van der Waals surface area contributed by atoms with Crippen molar-refractivity contribution < 1.29 is 23.9 Å². The number of benzene rings is 1. The first-order valence-electron chi connectivity index (χ1n) is 7.33. The Bertz CT molecular complexity index is 521. The van der Waals surface area contributed by atoms with E-state index in [1.165, 1.54) is 28.2 Å². The van der Waals surface area contributed by atoms with Gasteiger partial charge in [-0.25, -0.2) is 9.59 Å². The van der Waals surface area contributed by atoms with Crippen molar-refractivity contribution in [3.05, 3.63) is 41.6 Å². The van der Waals surface area contributed by atoms with E-state index in [2.05, 4.69) is 20.1 Å². The van der Waals surface area contributed by atoms with Crippen molar-refractivity contribution in [3.8, 4) is 0 Å². The van der Waals surface area contributed by atoms with Crippen LogP contribution in [-0.4, -0.2) is 39.2 Å². The number of rotatable bonds is 3. The molecule has 2 N–H and O–H groups in total. The third-order valence-electron chi connectivity index (χ3n) is 2.22. The average Bonchev–Trinajstić information content (AvgIpc) is 2.62. The van der Waals surface area contributed by atoms with E-state index in [0.717, 1.165) is 5.56 Å². The Kier molecular flexibility index (Phi) is 14.7. The van der Waals surface area contributed by atoms with Gasteiger partial charge in [0.2, 0.25) is 5.91 Å². The van der Waals surface area contributed by atoms with E-state index in [4.69, 9.17) is 0 Å². The molecule has 24 heavy (non-hydrogen) atoms. The molecule has 0 spiro atoms. The van der Waals surface area contributed by atoms with Gasteiger partial charge in [-0.15, -0.1) is 0 Å². The van der Waals surface area contributed by atoms with E-state index >= 15 is 0 Å². The summed E-state index contributed by atoms with van der Waals surface area (Å²) in [6.07, 6.45) is 1.16. The van der Waals surface area contributed by atoms with Gasteiger partial charge in [-0.05, 0) is 11.6 Å². The average molecular weight is 338 g/mol. The van der Waals surface area contributed by atoms with Crippen LogP contribution in [-0.2, 0) is 19.1 Å². The van der Waals surface area contributed by atoms with Crippen molar-refractivity contribution in [1.82, 2.24) is 10.6 Å². The third kappa shape index (κ3) is 11.8. The van der Waals surface area contributed by atoms with Crippen molar-refractivity contribution >= 4 is 24.0 Å². The maximum Gasteiger partial charge on any atom is 0.406 e. The summed E-state index contributed by atoms with van der Waals surface area (Å²) in [5, 5.41) is 4.68. The molecule has 0 aliphatic heterocycles. The highest BCUT2D eigenvalue weighted by Crippen LogP contribution is 2.05. The van der Waals surface area contributed by atoms with Gasteiger partial charge in [0.15, 0.2) is 0 Å². The molecule has 0 radical (unpaired) electrons. The van der Waals surface area contributed by atoms with Crippen molar-refractivity contribution in [2.75, 3.05) is 21.3 Å². The van der Waals surface area contributed by atoms with Gasteiger partial charge in [0, 0.05) is 14.0 Å². The molecule has 0 aromatic heterocycles. The Hall–Kier alpha value is -2.83. The Balaban J connectivity index is 0. The summed E-state index contributed by atoms with van der Waals surface area (Å²) in [6.45, 7) is 5.34. The summed E-state index contributed by atoms with van der Waals surface area (Å²) in [5.74, 6) is -0.883. The highest BCUT2D eigenvalue weighted by molar-refractivity contribution is 5.97. The molecule has 0 atom stereocenters. The second-order valence-corrected chi connectivity index (χ2v) is 3.88. The molecule has 134 valence electrons. The molecule has 1 aromatic rings. The fraction of sp³-hybridized carbons (Fsp3) is 0.353. The largest absolute Gasteiger partial charge is 0.464 e. The summed E-state index contributed by atoms with van der Waals surface area (Å²) >= 11 is 0. The smallest absolute Gasteiger partial charge is 0.406 e. The van der Waals surface area contributed by atoms with Gasteiger partial charge in [0.05, 0.1) is 14.2 Å². The lowest BCUT2D eigenvalue weighted by molar-refractivity contribution is -0.137. The van der Waals surface area contributed by atoms with Gasteiger partial charge in [0.25, 0.3) is 0 Å². The third-order valence-corrected chi connectivity index (χ3v) is 2.22. The monoisotopic (exact) mass is 338 g/mol. The Morgan fingerprint density at radius 1 is 1.00 bits per heavy atom. The number of amides is 2. The standard InChI is InChI=1S/C12H13NO3.C3H7NO2.C2H6/c1-9(14)13-11(12(15)16-2)8-10-6-4-3-5-7-10;1-4-3(5)6-2;1-2/h3-8H,1-2H3,(H,13,14);1-2H3,(H,4,5);1-2H3/b11-8-;;. The van der Waals surface area contributed by atoms with E-state index in [1.54, 1.807) is 6.08 Å². The Morgan fingerprint density at radius 2 is 1.54 bits per heavy atom. The van der Waals surface area contributed by atoms with Gasteiger partial charge in [-0.2, -0.15) is 0 Å². The fourth-order valence-corrected chi connectivity index (χ4v) is 1.26. The molecule has 1 aromatic carbocycles. The van der Waals surface area contributed by atoms with Crippen molar-refractivity contribution in [2.45, 2.75) is 20.8 Å². The van der Waals surface area contributed by atoms with Gasteiger partial charge >= 0.3 is 12.1 Å². The van der Waals surface area contributed by atoms with Gasteiger partial charge in [0.1, 0.15) is 5.70 Å². The van der Waals surface area contributed by atoms with Crippen LogP contribution in [0.2, 0.25) is 0 Å². The zero-order chi connectivity index (χ0) is 19.0. The number of carbonyl (C=O) groups is 3. The van der Waals surface area contributed by atoms with E-state index in [-0.39, 0.29) is 11.6 Å². The van der Waals surface area contributed by atoms with Crippen LogP contribution >= 0.6 is 0 Å². The lowest BCUT2D eigenvalue weighted by Crippen LogP contribution is -2.25. The van der Waals surface area contributed by atoms with Gasteiger partial charge in [-0.1, -0.05) is 44.2 Å². The number of hydrogen-bond acceptors (Lipinski definition) is 5. The second kappa shape index (κ2) is 15.1. The highest BCUT2D eigenvalue weighted by Gasteiger charge is 2.10. The van der Waals surface area contributed by atoms with Gasteiger partial charge < -0.3 is 20.1 Å². The molecule has 0 unspecified atom stereocenters. The highest BCUT2D eigenvalue weighted by atomic mass is 16.5. The number of ether oxygens (including phenoxy) is 2. The second-order valence-electron chi connectivity index (χ2n) is 3.88. The molecule has 1 rings (SSSR count). The number of nitrogens with one attached hydrogen (secondary N) is 2. The predicted molar refractivity (Wildman–Crippen MR) is 93.1 cm³/mol. The number of carbonyl (C=O) groups excluding carboxylic acids is 3. The van der Waals surface area contributed by atoms with Crippen molar-refractivity contribution in [2.24, 2.45) is 0 Å². The maximum absolute atomic E-state index is 11.3. The van der Waals surface area contributed by atoms with E-state index in [0.29, 0.717) is 0 Å². The van der Waals surface area contributed by atoms with Crippen LogP contribution < -0.4 is 10.6 Å². The van der Waals surface area contributed by atoms with Crippen LogP contribution in [0.4, 0.5) is 4.79 Å². The lowest BCUT2D eigenvalue weighted by atomic mass is 10.2. The minimum Gasteiger partial charge on any atom is -0.464 e. The van der Waals surface area contributed by atoms with Crippen molar-refractivity contribution in [3.63, 3.8) is 0 Å².